The van der Waals surface area contributed by atoms with Crippen LogP contribution in [0.1, 0.15) is 34.6 Å². The van der Waals surface area contributed by atoms with Gasteiger partial charge in [-0.25, -0.2) is 4.79 Å². The van der Waals surface area contributed by atoms with E-state index >= 15 is 0 Å². The monoisotopic (exact) mass is 271 g/mol. The predicted molar refractivity (Wildman–Crippen MR) is 80.5 cm³/mol. The lowest BCUT2D eigenvalue weighted by Crippen LogP contribution is -2.38. The first-order valence-electron chi connectivity index (χ1n) is 6.60. The first-order chi connectivity index (χ1) is 7.92. The van der Waals surface area contributed by atoms with Crippen molar-refractivity contribution in [2.45, 2.75) is 59.9 Å². The molecule has 0 saturated carbocycles. The normalized spacial score (nSPS) is 13.7. The molecule has 18 heavy (non-hydrogen) atoms. The largest absolute Gasteiger partial charge is 0.444 e. The molecule has 0 bridgehead atoms. The third kappa shape index (κ3) is 8.34. The second-order valence-electron chi connectivity index (χ2n) is 7.04. The predicted octanol–water partition coefficient (Wildman–Crippen LogP) is 3.97. The van der Waals surface area contributed by atoms with Crippen LogP contribution in [-0.4, -0.2) is 26.3 Å². The molecule has 4 heteroatoms. The number of hydrogen-bond donors (Lipinski definition) is 1. The highest BCUT2D eigenvalue weighted by molar-refractivity contribution is 6.83. The van der Waals surface area contributed by atoms with Crippen LogP contribution in [0.2, 0.25) is 19.6 Å². The average Bonchev–Trinajstić information content (AvgIpc) is 2.06. The molecule has 0 aromatic heterocycles. The van der Waals surface area contributed by atoms with Gasteiger partial charge in [-0.1, -0.05) is 44.8 Å². The summed E-state index contributed by atoms with van der Waals surface area (Å²) >= 11 is 0. The molecular formula is C14H29NO2Si. The Morgan fingerprint density at radius 1 is 1.28 bits per heavy atom. The second-order valence-corrected chi connectivity index (χ2v) is 12.2. The number of ether oxygens (including phenoxy) is 1. The van der Waals surface area contributed by atoms with Crippen molar-refractivity contribution in [3.63, 3.8) is 0 Å². The second kappa shape index (κ2) is 6.41. The van der Waals surface area contributed by atoms with Crippen molar-refractivity contribution in [2.24, 2.45) is 5.92 Å². The van der Waals surface area contributed by atoms with Crippen LogP contribution in [-0.2, 0) is 4.74 Å². The van der Waals surface area contributed by atoms with Gasteiger partial charge in [0.2, 0.25) is 0 Å². The number of rotatable bonds is 4. The quantitative estimate of drug-likeness (QED) is 0.786. The van der Waals surface area contributed by atoms with Crippen LogP contribution in [0.3, 0.4) is 0 Å². The van der Waals surface area contributed by atoms with Gasteiger partial charge in [-0.2, -0.15) is 0 Å². The molecule has 0 saturated heterocycles. The molecule has 0 aromatic rings. The zero-order valence-corrected chi connectivity index (χ0v) is 14.2. The van der Waals surface area contributed by atoms with Gasteiger partial charge in [-0.15, -0.1) is 0 Å². The Morgan fingerprint density at radius 2 is 1.78 bits per heavy atom. The Labute approximate surface area is 113 Å². The highest BCUT2D eigenvalue weighted by Crippen LogP contribution is 2.16. The molecule has 0 heterocycles. The van der Waals surface area contributed by atoms with Crippen LogP contribution in [0.4, 0.5) is 4.79 Å². The van der Waals surface area contributed by atoms with E-state index in [1.165, 1.54) is 5.20 Å². The van der Waals surface area contributed by atoms with Crippen LogP contribution in [0.5, 0.6) is 0 Å². The minimum atomic E-state index is -1.38. The SMILES string of the molecule is CC(C)/C=C(/CNC(=O)OC(C)(C)C)[Si](C)(C)C. The van der Waals surface area contributed by atoms with Gasteiger partial charge in [0, 0.05) is 6.54 Å². The maximum absolute atomic E-state index is 11.6. The van der Waals surface area contributed by atoms with E-state index in [1.807, 2.05) is 20.8 Å². The van der Waals surface area contributed by atoms with Gasteiger partial charge in [0.05, 0.1) is 8.07 Å². The van der Waals surface area contributed by atoms with Crippen molar-refractivity contribution in [3.05, 3.63) is 11.3 Å². The lowest BCUT2D eigenvalue weighted by molar-refractivity contribution is 0.0533. The minimum absolute atomic E-state index is 0.338. The molecule has 0 rings (SSSR count). The summed E-state index contributed by atoms with van der Waals surface area (Å²) in [5.41, 5.74) is -0.439. The average molecular weight is 271 g/mol. The fraction of sp³-hybridized carbons (Fsp3) is 0.786. The van der Waals surface area contributed by atoms with Crippen molar-refractivity contribution in [1.82, 2.24) is 5.32 Å². The molecule has 0 atom stereocenters. The molecule has 0 aliphatic carbocycles. The van der Waals surface area contributed by atoms with E-state index < -0.39 is 13.7 Å². The van der Waals surface area contributed by atoms with Crippen molar-refractivity contribution >= 4 is 14.2 Å². The third-order valence-corrected chi connectivity index (χ3v) is 4.59. The molecule has 0 aromatic carbocycles. The van der Waals surface area contributed by atoms with Gasteiger partial charge in [0.25, 0.3) is 0 Å². The van der Waals surface area contributed by atoms with Crippen molar-refractivity contribution in [3.8, 4) is 0 Å². The van der Waals surface area contributed by atoms with E-state index in [1.54, 1.807) is 0 Å². The summed E-state index contributed by atoms with van der Waals surface area (Å²) in [5, 5.41) is 4.22. The van der Waals surface area contributed by atoms with Gasteiger partial charge in [0.15, 0.2) is 0 Å². The fourth-order valence-corrected chi connectivity index (χ4v) is 2.91. The summed E-state index contributed by atoms with van der Waals surface area (Å²) in [6, 6.07) is 0. The lowest BCUT2D eigenvalue weighted by Gasteiger charge is -2.24. The standard InChI is InChI=1S/C14H29NO2Si/c1-11(2)9-12(18(6,7)8)10-15-13(16)17-14(3,4)5/h9,11H,10H2,1-8H3,(H,15,16)/b12-9-. The van der Waals surface area contributed by atoms with E-state index in [0.29, 0.717) is 12.5 Å². The van der Waals surface area contributed by atoms with E-state index in [0.717, 1.165) is 0 Å². The molecule has 1 N–H and O–H groups in total. The van der Waals surface area contributed by atoms with Gasteiger partial charge < -0.3 is 10.1 Å². The Kier molecular flexibility index (Phi) is 6.13. The van der Waals surface area contributed by atoms with E-state index in [-0.39, 0.29) is 6.09 Å². The van der Waals surface area contributed by atoms with Gasteiger partial charge >= 0.3 is 6.09 Å². The first-order valence-corrected chi connectivity index (χ1v) is 10.1. The lowest BCUT2D eigenvalue weighted by atomic mass is 10.2. The van der Waals surface area contributed by atoms with Crippen molar-refractivity contribution in [2.75, 3.05) is 6.54 Å². The third-order valence-electron chi connectivity index (χ3n) is 2.32. The molecule has 3 nitrogen and oxygen atoms in total. The Balaban J connectivity index is 4.52. The van der Waals surface area contributed by atoms with Crippen molar-refractivity contribution in [1.29, 1.82) is 0 Å². The molecule has 106 valence electrons. The zero-order valence-electron chi connectivity index (χ0n) is 13.2. The van der Waals surface area contributed by atoms with Crippen LogP contribution < -0.4 is 5.32 Å². The molecule has 0 unspecified atom stereocenters. The Bertz CT molecular complexity index is 309. The Hall–Kier alpha value is -0.773. The van der Waals surface area contributed by atoms with Crippen LogP contribution in [0.25, 0.3) is 0 Å². The number of alkyl carbamates (subject to hydrolysis) is 1. The maximum atomic E-state index is 11.6. The molecule has 0 spiro atoms. The maximum Gasteiger partial charge on any atom is 0.407 e. The smallest absolute Gasteiger partial charge is 0.407 e. The first kappa shape index (κ1) is 17.2. The topological polar surface area (TPSA) is 38.3 Å². The van der Waals surface area contributed by atoms with Crippen LogP contribution >= 0.6 is 0 Å². The minimum Gasteiger partial charge on any atom is -0.444 e. The summed E-state index contributed by atoms with van der Waals surface area (Å²) in [5.74, 6) is 0.507. The summed E-state index contributed by atoms with van der Waals surface area (Å²) in [7, 11) is -1.38. The summed E-state index contributed by atoms with van der Waals surface area (Å²) < 4.78 is 5.24. The van der Waals surface area contributed by atoms with Crippen LogP contribution in [0, 0.1) is 5.92 Å². The molecule has 0 fully saturated rings. The fourth-order valence-electron chi connectivity index (χ4n) is 1.46. The zero-order chi connectivity index (χ0) is 14.6. The Morgan fingerprint density at radius 3 is 2.11 bits per heavy atom. The van der Waals surface area contributed by atoms with Crippen LogP contribution in [0.15, 0.2) is 11.3 Å². The van der Waals surface area contributed by atoms with Gasteiger partial charge in [-0.05, 0) is 26.7 Å². The number of hydrogen-bond acceptors (Lipinski definition) is 2. The summed E-state index contributed by atoms with van der Waals surface area (Å²) in [4.78, 5) is 11.6. The molecule has 1 amide bonds. The number of allylic oxidation sites excluding steroid dienone is 1. The summed E-state index contributed by atoms with van der Waals surface area (Å²) in [6.45, 7) is 17.4. The van der Waals surface area contributed by atoms with Gasteiger partial charge in [0.1, 0.15) is 5.60 Å². The highest BCUT2D eigenvalue weighted by atomic mass is 28.3. The number of nitrogens with one attached hydrogen (secondary N) is 1. The number of carbonyl (C=O) groups excluding carboxylic acids is 1. The van der Waals surface area contributed by atoms with Gasteiger partial charge in [-0.3, -0.25) is 0 Å². The van der Waals surface area contributed by atoms with E-state index in [4.69, 9.17) is 4.74 Å². The highest BCUT2D eigenvalue weighted by Gasteiger charge is 2.21. The van der Waals surface area contributed by atoms with Crippen molar-refractivity contribution < 1.29 is 9.53 Å². The number of amides is 1. The molecule has 0 aliphatic heterocycles. The molecule has 0 radical (unpaired) electrons. The molecular weight excluding hydrogens is 242 g/mol. The number of carbonyl (C=O) groups is 1. The van der Waals surface area contributed by atoms with E-state index in [2.05, 4.69) is 44.9 Å². The molecule has 0 aliphatic rings. The van der Waals surface area contributed by atoms with E-state index in [9.17, 15) is 4.79 Å². The summed E-state index contributed by atoms with van der Waals surface area (Å²) in [6.07, 6.45) is 1.93.